The largest absolute Gasteiger partial charge is 0.480 e. The number of anilines is 1. The quantitative estimate of drug-likeness (QED) is 0.191. The van der Waals surface area contributed by atoms with E-state index in [-0.39, 0.29) is 29.6 Å². The second kappa shape index (κ2) is 12.3. The maximum absolute atomic E-state index is 13.6. The van der Waals surface area contributed by atoms with Crippen LogP contribution in [-0.2, 0) is 23.4 Å². The Balaban J connectivity index is 1.60. The SMILES string of the molecule is CCCC(=O)Nc1ncnn2c([C@@H]3O[C@](C#N)(CO[P@@](=O)(N[C@@H](C)C(=O)O)Oc4ccccc4)[C@@H](O)[C@H]3O)ccc12. The number of aliphatic hydroxyl groups excluding tert-OH is 2. The van der Waals surface area contributed by atoms with Crippen LogP contribution in [-0.4, -0.2) is 72.3 Å². The van der Waals surface area contributed by atoms with Gasteiger partial charge in [0.2, 0.25) is 11.5 Å². The highest BCUT2D eigenvalue weighted by Crippen LogP contribution is 2.48. The minimum atomic E-state index is -4.47. The van der Waals surface area contributed by atoms with Crippen molar-refractivity contribution in [2.24, 2.45) is 0 Å². The summed E-state index contributed by atoms with van der Waals surface area (Å²) in [5, 5.41) is 50.3. The molecule has 1 aromatic carbocycles. The van der Waals surface area contributed by atoms with E-state index in [9.17, 15) is 34.7 Å². The normalized spacial score (nSPS) is 24.3. The highest BCUT2D eigenvalue weighted by atomic mass is 31.2. The minimum absolute atomic E-state index is 0.0823. The van der Waals surface area contributed by atoms with Crippen molar-refractivity contribution in [3.63, 3.8) is 0 Å². The molecule has 1 amide bonds. The van der Waals surface area contributed by atoms with Gasteiger partial charge in [-0.05, 0) is 37.6 Å². The molecule has 1 aliphatic heterocycles. The number of carbonyl (C=O) groups is 2. The highest BCUT2D eigenvalue weighted by molar-refractivity contribution is 7.52. The van der Waals surface area contributed by atoms with E-state index in [1.807, 2.05) is 6.92 Å². The highest BCUT2D eigenvalue weighted by Gasteiger charge is 2.57. The van der Waals surface area contributed by atoms with Crippen LogP contribution in [0.5, 0.6) is 5.75 Å². The van der Waals surface area contributed by atoms with Gasteiger partial charge in [0.05, 0.1) is 5.69 Å². The summed E-state index contributed by atoms with van der Waals surface area (Å²) >= 11 is 0. The maximum Gasteiger partial charge on any atom is 0.459 e. The van der Waals surface area contributed by atoms with Gasteiger partial charge in [-0.25, -0.2) is 14.1 Å². The number of nitriles is 1. The summed E-state index contributed by atoms with van der Waals surface area (Å²) in [6.45, 7) is 2.19. The maximum atomic E-state index is 13.6. The molecule has 5 N–H and O–H groups in total. The van der Waals surface area contributed by atoms with Crippen molar-refractivity contribution in [2.45, 2.75) is 56.6 Å². The van der Waals surface area contributed by atoms with Crippen LogP contribution in [0.15, 0.2) is 48.8 Å². The first-order chi connectivity index (χ1) is 19.5. The lowest BCUT2D eigenvalue weighted by Crippen LogP contribution is -2.46. The predicted molar refractivity (Wildman–Crippen MR) is 142 cm³/mol. The molecule has 0 aliphatic carbocycles. The van der Waals surface area contributed by atoms with Crippen molar-refractivity contribution in [2.75, 3.05) is 11.9 Å². The predicted octanol–water partition coefficient (Wildman–Crippen LogP) is 1.79. The van der Waals surface area contributed by atoms with E-state index in [1.54, 1.807) is 30.3 Å². The number of aliphatic hydroxyl groups is 2. The van der Waals surface area contributed by atoms with Crippen molar-refractivity contribution < 1.29 is 43.3 Å². The monoisotopic (exact) mass is 588 g/mol. The van der Waals surface area contributed by atoms with Gasteiger partial charge in [-0.15, -0.1) is 0 Å². The fraction of sp³-hybridized carbons (Fsp3) is 0.400. The summed E-state index contributed by atoms with van der Waals surface area (Å²) < 4.78 is 31.7. The van der Waals surface area contributed by atoms with Crippen LogP contribution in [0.1, 0.15) is 38.5 Å². The molecule has 4 rings (SSSR count). The van der Waals surface area contributed by atoms with E-state index in [2.05, 4.69) is 20.5 Å². The number of ether oxygens (including phenoxy) is 1. The third kappa shape index (κ3) is 6.38. The van der Waals surface area contributed by atoms with E-state index in [1.165, 1.54) is 36.0 Å². The molecule has 6 atom stereocenters. The molecule has 41 heavy (non-hydrogen) atoms. The molecular formula is C25H29N6O9P. The van der Waals surface area contributed by atoms with Crippen LogP contribution < -0.4 is 14.9 Å². The van der Waals surface area contributed by atoms with Crippen LogP contribution in [0.3, 0.4) is 0 Å². The second-order valence-electron chi connectivity index (χ2n) is 9.30. The van der Waals surface area contributed by atoms with Gasteiger partial charge < -0.3 is 29.9 Å². The summed E-state index contributed by atoms with van der Waals surface area (Å²) in [6.07, 6.45) is -2.73. The lowest BCUT2D eigenvalue weighted by atomic mass is 9.96. The van der Waals surface area contributed by atoms with Gasteiger partial charge in [-0.1, -0.05) is 25.1 Å². The van der Waals surface area contributed by atoms with E-state index < -0.39 is 50.3 Å². The van der Waals surface area contributed by atoms with Gasteiger partial charge in [-0.2, -0.15) is 15.4 Å². The standard InChI is InChI=1S/C25H29N6O9P/c1-3-7-19(32)29-23-18-11-10-17(31(18)28-14-27-23)21-20(33)22(34)25(12-26,39-21)13-38-41(37,30-15(2)24(35)36)40-16-8-5-4-6-9-16/h4-6,8-11,14-15,20-22,33-34H,3,7,13H2,1-2H3,(H,30,37)(H,35,36)(H,27,28,29,32)/t15-,20-,21-,22-,25+,41-/m0/s1. The van der Waals surface area contributed by atoms with Crippen LogP contribution in [0.25, 0.3) is 5.52 Å². The van der Waals surface area contributed by atoms with E-state index in [0.29, 0.717) is 11.9 Å². The Morgan fingerprint density at radius 2 is 2.00 bits per heavy atom. The molecular weight excluding hydrogens is 559 g/mol. The Kier molecular flexibility index (Phi) is 9.03. The first-order valence-corrected chi connectivity index (χ1v) is 14.1. The number of hydrogen-bond donors (Lipinski definition) is 5. The molecule has 0 saturated carbocycles. The number of carboxylic acids is 1. The Hall–Kier alpha value is -3.90. The number of rotatable bonds is 12. The fourth-order valence-electron chi connectivity index (χ4n) is 4.16. The van der Waals surface area contributed by atoms with Gasteiger partial charge in [0.1, 0.15) is 54.6 Å². The molecule has 2 aromatic heterocycles. The van der Waals surface area contributed by atoms with E-state index in [4.69, 9.17) is 13.8 Å². The lowest BCUT2D eigenvalue weighted by molar-refractivity contribution is -0.138. The van der Waals surface area contributed by atoms with Crippen LogP contribution in [0.2, 0.25) is 0 Å². The third-order valence-electron chi connectivity index (χ3n) is 6.29. The molecule has 0 unspecified atom stereocenters. The average molecular weight is 589 g/mol. The fourth-order valence-corrected chi connectivity index (χ4v) is 5.68. The van der Waals surface area contributed by atoms with Crippen molar-refractivity contribution in [1.29, 1.82) is 5.26 Å². The number of carbonyl (C=O) groups excluding carboxylic acids is 1. The van der Waals surface area contributed by atoms with Crippen molar-refractivity contribution in [3.8, 4) is 11.8 Å². The lowest BCUT2D eigenvalue weighted by Gasteiger charge is -2.28. The zero-order valence-electron chi connectivity index (χ0n) is 22.1. The number of amides is 1. The third-order valence-corrected chi connectivity index (χ3v) is 7.91. The smallest absolute Gasteiger partial charge is 0.459 e. The second-order valence-corrected chi connectivity index (χ2v) is 11.0. The van der Waals surface area contributed by atoms with E-state index >= 15 is 0 Å². The van der Waals surface area contributed by atoms with Gasteiger partial charge in [0.15, 0.2) is 5.82 Å². The van der Waals surface area contributed by atoms with Gasteiger partial charge >= 0.3 is 13.7 Å². The van der Waals surface area contributed by atoms with Crippen LogP contribution in [0, 0.1) is 11.3 Å². The number of nitrogens with zero attached hydrogens (tertiary/aromatic N) is 4. The summed E-state index contributed by atoms with van der Waals surface area (Å²) in [6, 6.07) is 11.3. The molecule has 0 spiro atoms. The molecule has 0 radical (unpaired) electrons. The van der Waals surface area contributed by atoms with Crippen molar-refractivity contribution >= 4 is 31.0 Å². The summed E-state index contributed by atoms with van der Waals surface area (Å²) in [7, 11) is -4.47. The average Bonchev–Trinajstić information content (AvgIpc) is 3.48. The van der Waals surface area contributed by atoms with Crippen LogP contribution in [0.4, 0.5) is 5.82 Å². The van der Waals surface area contributed by atoms with Gasteiger partial charge in [0, 0.05) is 6.42 Å². The first kappa shape index (κ1) is 30.1. The Labute approximate surface area is 234 Å². The summed E-state index contributed by atoms with van der Waals surface area (Å²) in [5.41, 5.74) is -1.66. The number of aromatic nitrogens is 3. The molecule has 0 bridgehead atoms. The minimum Gasteiger partial charge on any atom is -0.480 e. The Bertz CT molecular complexity index is 1500. The number of nitrogens with one attached hydrogen (secondary N) is 2. The number of para-hydroxylation sites is 1. The number of carboxylic acid groups (broad SMARTS) is 1. The number of benzene rings is 1. The Morgan fingerprint density at radius 3 is 2.66 bits per heavy atom. The number of aliphatic carboxylic acids is 1. The zero-order valence-corrected chi connectivity index (χ0v) is 23.0. The number of fused-ring (bicyclic) bond motifs is 1. The molecule has 16 heteroatoms. The Morgan fingerprint density at radius 1 is 1.27 bits per heavy atom. The molecule has 15 nitrogen and oxygen atoms in total. The molecule has 218 valence electrons. The number of hydrogen-bond acceptors (Lipinski definition) is 11. The molecule has 1 aliphatic rings. The molecule has 3 heterocycles. The first-order valence-electron chi connectivity index (χ1n) is 12.6. The van der Waals surface area contributed by atoms with E-state index in [0.717, 1.165) is 0 Å². The summed E-state index contributed by atoms with van der Waals surface area (Å²) in [4.78, 5) is 27.6. The molecule has 1 fully saturated rings. The molecule has 1 saturated heterocycles. The van der Waals surface area contributed by atoms with Crippen molar-refractivity contribution in [3.05, 3.63) is 54.5 Å². The topological polar surface area (TPSA) is 218 Å². The van der Waals surface area contributed by atoms with Gasteiger partial charge in [0.25, 0.3) is 0 Å². The zero-order chi connectivity index (χ0) is 29.8. The van der Waals surface area contributed by atoms with Gasteiger partial charge in [-0.3, -0.25) is 14.1 Å². The van der Waals surface area contributed by atoms with Crippen molar-refractivity contribution in [1.82, 2.24) is 19.7 Å². The molecule has 3 aromatic rings. The van der Waals surface area contributed by atoms with Crippen LogP contribution >= 0.6 is 7.75 Å². The summed E-state index contributed by atoms with van der Waals surface area (Å²) in [5.74, 6) is -1.30.